The van der Waals surface area contributed by atoms with Crippen LogP contribution in [-0.2, 0) is 28.8 Å². The number of hydrogen-bond donors (Lipinski definition) is 1. The van der Waals surface area contributed by atoms with Gasteiger partial charge in [-0.05, 0) is 73.3 Å². The predicted octanol–water partition coefficient (Wildman–Crippen LogP) is 9.34. The summed E-state index contributed by atoms with van der Waals surface area (Å²) in [7, 11) is 0. The highest BCUT2D eigenvalue weighted by atomic mass is 16.5. The molecule has 0 aliphatic carbocycles. The minimum atomic E-state index is -0.389. The molecule has 3 nitrogen and oxygen atoms in total. The number of hydrogen-bond acceptors (Lipinski definition) is 3. The first-order valence-corrected chi connectivity index (χ1v) is 14.1. The van der Waals surface area contributed by atoms with Gasteiger partial charge in [0.15, 0.2) is 0 Å². The molecule has 1 atom stereocenters. The first kappa shape index (κ1) is 30.4. The number of aryl methyl sites for hydroxylation is 3. The van der Waals surface area contributed by atoms with E-state index >= 15 is 0 Å². The van der Waals surface area contributed by atoms with Gasteiger partial charge in [-0.1, -0.05) is 102 Å². The molecule has 0 aromatic heterocycles. The van der Waals surface area contributed by atoms with Gasteiger partial charge in [-0.15, -0.1) is 0 Å². The van der Waals surface area contributed by atoms with Gasteiger partial charge in [0.05, 0.1) is 12.4 Å². The Morgan fingerprint density at radius 2 is 1.57 bits per heavy atom. The second-order valence-corrected chi connectivity index (χ2v) is 10.7. The van der Waals surface area contributed by atoms with Crippen molar-refractivity contribution in [2.24, 2.45) is 5.41 Å². The van der Waals surface area contributed by atoms with E-state index in [9.17, 15) is 9.90 Å². The van der Waals surface area contributed by atoms with Crippen molar-refractivity contribution in [1.82, 2.24) is 0 Å². The number of carbonyl (C=O) groups is 1. The van der Waals surface area contributed by atoms with Crippen LogP contribution in [0, 0.1) is 5.41 Å². The van der Waals surface area contributed by atoms with Crippen molar-refractivity contribution in [3.8, 4) is 11.1 Å². The molecule has 37 heavy (non-hydrogen) atoms. The van der Waals surface area contributed by atoms with Crippen molar-refractivity contribution in [3.05, 3.63) is 83.6 Å². The molecule has 0 bridgehead atoms. The Balaban J connectivity index is 2.07. The summed E-state index contributed by atoms with van der Waals surface area (Å²) in [6.45, 7) is 15.8. The number of rotatable bonds is 17. The zero-order chi connectivity index (χ0) is 27.3. The number of carbonyl (C=O) groups excluding carboxylic acids is 1. The molecule has 2 rings (SSSR count). The molecule has 3 heteroatoms. The molecule has 0 aliphatic rings. The zero-order valence-electron chi connectivity index (χ0n) is 23.7. The van der Waals surface area contributed by atoms with E-state index in [1.54, 1.807) is 6.92 Å². The molecule has 0 spiro atoms. The minimum Gasteiger partial charge on any atom is -0.513 e. The van der Waals surface area contributed by atoms with Crippen LogP contribution in [0.1, 0.15) is 95.8 Å². The van der Waals surface area contributed by atoms with Gasteiger partial charge in [-0.2, -0.15) is 0 Å². The molecule has 0 aliphatic heterocycles. The molecule has 0 saturated heterocycles. The highest BCUT2D eigenvalue weighted by Gasteiger charge is 2.31. The maximum absolute atomic E-state index is 12.0. The highest BCUT2D eigenvalue weighted by Crippen LogP contribution is 2.35. The molecule has 2 aromatic carbocycles. The smallest absolute Gasteiger partial charge is 0.333 e. The van der Waals surface area contributed by atoms with Crippen LogP contribution in [-0.4, -0.2) is 17.7 Å². The molecule has 0 saturated carbocycles. The van der Waals surface area contributed by atoms with Gasteiger partial charge in [-0.3, -0.25) is 0 Å². The molecule has 1 N–H and O–H groups in total. The molecule has 1 unspecified atom stereocenters. The van der Waals surface area contributed by atoms with Crippen molar-refractivity contribution in [2.45, 2.75) is 98.3 Å². The molecular formula is C34H48O3. The van der Waals surface area contributed by atoms with Gasteiger partial charge in [0, 0.05) is 17.4 Å². The Morgan fingerprint density at radius 3 is 2.16 bits per heavy atom. The summed E-state index contributed by atoms with van der Waals surface area (Å²) in [6, 6.07) is 15.7. The topological polar surface area (TPSA) is 46.5 Å². The number of benzene rings is 2. The van der Waals surface area contributed by atoms with E-state index in [0.29, 0.717) is 12.0 Å². The van der Waals surface area contributed by atoms with Gasteiger partial charge in [-0.25, -0.2) is 4.79 Å². The summed E-state index contributed by atoms with van der Waals surface area (Å²) < 4.78 is 5.51. The fourth-order valence-electron chi connectivity index (χ4n) is 4.96. The monoisotopic (exact) mass is 504 g/mol. The standard InChI is InChI=1S/C34H48O3/c1-7-10-11-12-13-14-30-19-20-32(23-29(30)8-2)31-17-15-28(16-18-31)21-22-34(9-3,24-27(6)35)25-37-33(36)26(4)5/h15-20,23,35H,4,6-14,21-22,24-25H2,1-3,5H3. The van der Waals surface area contributed by atoms with Gasteiger partial charge in [0.2, 0.25) is 0 Å². The van der Waals surface area contributed by atoms with Crippen LogP contribution >= 0.6 is 0 Å². The van der Waals surface area contributed by atoms with E-state index in [2.05, 4.69) is 76.4 Å². The number of aliphatic hydroxyl groups excluding tert-OH is 1. The molecule has 0 radical (unpaired) electrons. The summed E-state index contributed by atoms with van der Waals surface area (Å²) in [5, 5.41) is 9.94. The Kier molecular flexibility index (Phi) is 12.7. The molecule has 0 heterocycles. The Hall–Kier alpha value is -2.81. The van der Waals surface area contributed by atoms with E-state index < -0.39 is 0 Å². The lowest BCUT2D eigenvalue weighted by Gasteiger charge is -2.32. The predicted molar refractivity (Wildman–Crippen MR) is 157 cm³/mol. The van der Waals surface area contributed by atoms with E-state index in [1.807, 2.05) is 0 Å². The quantitative estimate of drug-likeness (QED) is 0.101. The van der Waals surface area contributed by atoms with Crippen LogP contribution in [0.3, 0.4) is 0 Å². The lowest BCUT2D eigenvalue weighted by Crippen LogP contribution is -2.29. The lowest BCUT2D eigenvalue weighted by molar-refractivity contribution is -0.143. The first-order chi connectivity index (χ1) is 17.7. The highest BCUT2D eigenvalue weighted by molar-refractivity contribution is 5.86. The maximum atomic E-state index is 12.0. The molecule has 0 amide bonds. The van der Waals surface area contributed by atoms with Crippen molar-refractivity contribution in [3.63, 3.8) is 0 Å². The van der Waals surface area contributed by atoms with Crippen LogP contribution in [0.15, 0.2) is 67.0 Å². The second kappa shape index (κ2) is 15.4. The molecule has 202 valence electrons. The number of allylic oxidation sites excluding steroid dienone is 1. The number of unbranched alkanes of at least 4 members (excludes halogenated alkanes) is 4. The summed E-state index contributed by atoms with van der Waals surface area (Å²) in [4.78, 5) is 12.0. The van der Waals surface area contributed by atoms with Gasteiger partial charge in [0.1, 0.15) is 0 Å². The van der Waals surface area contributed by atoms with Crippen molar-refractivity contribution in [2.75, 3.05) is 6.61 Å². The van der Waals surface area contributed by atoms with Gasteiger partial charge in [0.25, 0.3) is 0 Å². The number of ether oxygens (including phenoxy) is 1. The molecule has 2 aromatic rings. The first-order valence-electron chi connectivity index (χ1n) is 14.1. The maximum Gasteiger partial charge on any atom is 0.333 e. The summed E-state index contributed by atoms with van der Waals surface area (Å²) in [6.07, 6.45) is 11.6. The van der Waals surface area contributed by atoms with Crippen LogP contribution < -0.4 is 0 Å². The van der Waals surface area contributed by atoms with Crippen LogP contribution in [0.5, 0.6) is 0 Å². The van der Waals surface area contributed by atoms with E-state index in [-0.39, 0.29) is 23.8 Å². The van der Waals surface area contributed by atoms with Gasteiger partial charge >= 0.3 is 5.97 Å². The third-order valence-electron chi connectivity index (χ3n) is 7.56. The fourth-order valence-corrected chi connectivity index (χ4v) is 4.96. The Bertz CT molecular complexity index is 1020. The Morgan fingerprint density at radius 1 is 0.892 bits per heavy atom. The third-order valence-corrected chi connectivity index (χ3v) is 7.56. The third kappa shape index (κ3) is 9.87. The summed E-state index contributed by atoms with van der Waals surface area (Å²) in [5.41, 5.74) is 6.72. The van der Waals surface area contributed by atoms with Crippen molar-refractivity contribution < 1.29 is 14.6 Å². The second-order valence-electron chi connectivity index (χ2n) is 10.7. The number of esters is 1. The average Bonchev–Trinajstić information content (AvgIpc) is 2.90. The van der Waals surface area contributed by atoms with Crippen LogP contribution in [0.2, 0.25) is 0 Å². The zero-order valence-corrected chi connectivity index (χ0v) is 23.7. The van der Waals surface area contributed by atoms with Crippen LogP contribution in [0.4, 0.5) is 0 Å². The van der Waals surface area contributed by atoms with Gasteiger partial charge < -0.3 is 9.84 Å². The summed E-state index contributed by atoms with van der Waals surface area (Å²) in [5.74, 6) is -0.264. The van der Waals surface area contributed by atoms with E-state index in [1.165, 1.54) is 66.3 Å². The minimum absolute atomic E-state index is 0.125. The van der Waals surface area contributed by atoms with Crippen LogP contribution in [0.25, 0.3) is 11.1 Å². The SMILES string of the molecule is C=C(O)CC(CC)(CCc1ccc(-c2ccc(CCCCCCC)c(CC)c2)cc1)COC(=O)C(=C)C. The molecular weight excluding hydrogens is 456 g/mol. The van der Waals surface area contributed by atoms with Crippen molar-refractivity contribution in [1.29, 1.82) is 0 Å². The van der Waals surface area contributed by atoms with E-state index in [0.717, 1.165) is 25.7 Å². The van der Waals surface area contributed by atoms with Crippen molar-refractivity contribution >= 4 is 5.97 Å². The summed E-state index contributed by atoms with van der Waals surface area (Å²) >= 11 is 0. The normalized spacial score (nSPS) is 12.6. The average molecular weight is 505 g/mol. The largest absolute Gasteiger partial charge is 0.513 e. The number of aliphatic hydroxyl groups is 1. The fraction of sp³-hybridized carbons (Fsp3) is 0.500. The Labute approximate surface area is 225 Å². The lowest BCUT2D eigenvalue weighted by atomic mass is 9.77. The molecule has 0 fully saturated rings. The van der Waals surface area contributed by atoms with E-state index in [4.69, 9.17) is 4.74 Å².